The number of non-ortho nitro benzene ring substituents is 1. The van der Waals surface area contributed by atoms with Crippen LogP contribution in [0.4, 0.5) is 5.69 Å². The summed E-state index contributed by atoms with van der Waals surface area (Å²) in [5.74, 6) is 0. The van der Waals surface area contributed by atoms with Gasteiger partial charge in [0.1, 0.15) is 0 Å². The summed E-state index contributed by atoms with van der Waals surface area (Å²) < 4.78 is 2.39. The van der Waals surface area contributed by atoms with Crippen molar-refractivity contribution < 1.29 is 4.92 Å². The molecule has 1 heterocycles. The van der Waals surface area contributed by atoms with Crippen LogP contribution in [0.25, 0.3) is 17.6 Å². The van der Waals surface area contributed by atoms with Gasteiger partial charge >= 0.3 is 112 Å². The molecule has 0 fully saturated rings. The topological polar surface area (TPSA) is 43.1 Å². The molecular formula is C12H6ClNO2Te. The quantitative estimate of drug-likeness (QED) is 0.378. The molecule has 0 spiro atoms. The zero-order chi connectivity index (χ0) is 12.0. The first-order valence-corrected chi connectivity index (χ1v) is 7.62. The van der Waals surface area contributed by atoms with E-state index in [1.807, 2.05) is 24.3 Å². The molecule has 0 aliphatic carbocycles. The van der Waals surface area contributed by atoms with Gasteiger partial charge in [-0.2, -0.15) is 0 Å². The van der Waals surface area contributed by atoms with E-state index in [4.69, 9.17) is 11.6 Å². The van der Waals surface area contributed by atoms with E-state index in [0.717, 1.165) is 13.8 Å². The van der Waals surface area contributed by atoms with Gasteiger partial charge in [-0.1, -0.05) is 0 Å². The third-order valence-electron chi connectivity index (χ3n) is 2.63. The predicted octanol–water partition coefficient (Wildman–Crippen LogP) is 3.61. The van der Waals surface area contributed by atoms with Gasteiger partial charge in [-0.05, 0) is 0 Å². The van der Waals surface area contributed by atoms with Gasteiger partial charge in [-0.15, -0.1) is 0 Å². The van der Waals surface area contributed by atoms with E-state index in [1.54, 1.807) is 12.1 Å². The van der Waals surface area contributed by atoms with Gasteiger partial charge in [0, 0.05) is 0 Å². The molecule has 0 amide bonds. The maximum absolute atomic E-state index is 10.7. The van der Waals surface area contributed by atoms with Crippen molar-refractivity contribution in [1.82, 2.24) is 0 Å². The molecular weight excluding hydrogens is 353 g/mol. The SMILES string of the molecule is O=[N+]([O-])c1ccc2c(c1)[te]c1cc(Cl)ccc12. The van der Waals surface area contributed by atoms with Crippen molar-refractivity contribution >= 4 is 55.3 Å². The third kappa shape index (κ3) is 1.83. The fourth-order valence-electron chi connectivity index (χ4n) is 1.85. The fourth-order valence-corrected chi connectivity index (χ4v) is 5.59. The summed E-state index contributed by atoms with van der Waals surface area (Å²) in [7, 11) is 0. The molecule has 0 aliphatic rings. The molecule has 0 aliphatic heterocycles. The first-order valence-electron chi connectivity index (χ1n) is 4.91. The molecule has 2 aromatic carbocycles. The molecule has 0 bridgehead atoms. The van der Waals surface area contributed by atoms with Crippen molar-refractivity contribution in [2.24, 2.45) is 0 Å². The van der Waals surface area contributed by atoms with Crippen LogP contribution in [0.2, 0.25) is 5.02 Å². The van der Waals surface area contributed by atoms with Crippen molar-refractivity contribution in [3.8, 4) is 0 Å². The van der Waals surface area contributed by atoms with E-state index < -0.39 is 20.4 Å². The second kappa shape index (κ2) is 3.99. The number of hydrogen-bond acceptors (Lipinski definition) is 2. The molecule has 0 atom stereocenters. The van der Waals surface area contributed by atoms with Crippen LogP contribution in [-0.2, 0) is 0 Å². The summed E-state index contributed by atoms with van der Waals surface area (Å²) in [5.41, 5.74) is 0.174. The van der Waals surface area contributed by atoms with E-state index in [1.165, 1.54) is 8.79 Å². The van der Waals surface area contributed by atoms with Crippen molar-refractivity contribution in [3.05, 3.63) is 51.5 Å². The zero-order valence-electron chi connectivity index (χ0n) is 8.51. The molecule has 0 N–H and O–H groups in total. The van der Waals surface area contributed by atoms with Crippen molar-refractivity contribution in [2.75, 3.05) is 0 Å². The normalized spacial score (nSPS) is 11.1. The summed E-state index contributed by atoms with van der Waals surface area (Å²) in [4.78, 5) is 10.4. The molecule has 0 unspecified atom stereocenters. The standard InChI is InChI=1S/C12H6ClNO2Te/c13-7-1-3-9-10-4-2-8(14(15)16)6-12(10)17-11(9)5-7/h1-6H. The molecule has 3 nitrogen and oxygen atoms in total. The van der Waals surface area contributed by atoms with Gasteiger partial charge in [-0.3, -0.25) is 0 Å². The molecule has 17 heavy (non-hydrogen) atoms. The Morgan fingerprint density at radius 2 is 1.71 bits per heavy atom. The minimum absolute atomic E-state index is 0.174. The Kier molecular flexibility index (Phi) is 2.59. The number of benzene rings is 2. The van der Waals surface area contributed by atoms with Gasteiger partial charge in [0.05, 0.1) is 0 Å². The number of rotatable bonds is 1. The van der Waals surface area contributed by atoms with Gasteiger partial charge < -0.3 is 0 Å². The van der Waals surface area contributed by atoms with Crippen molar-refractivity contribution in [1.29, 1.82) is 0 Å². The number of nitro benzene ring substituents is 1. The summed E-state index contributed by atoms with van der Waals surface area (Å²) >= 11 is 5.42. The number of hydrogen-bond donors (Lipinski definition) is 0. The Labute approximate surface area is 111 Å². The van der Waals surface area contributed by atoms with Crippen molar-refractivity contribution in [2.45, 2.75) is 0 Å². The van der Waals surface area contributed by atoms with Crippen LogP contribution in [0.5, 0.6) is 0 Å². The van der Waals surface area contributed by atoms with E-state index in [-0.39, 0.29) is 10.6 Å². The van der Waals surface area contributed by atoms with Gasteiger partial charge in [0.2, 0.25) is 0 Å². The van der Waals surface area contributed by atoms with E-state index in [0.29, 0.717) is 0 Å². The third-order valence-corrected chi connectivity index (χ3v) is 6.05. The van der Waals surface area contributed by atoms with Crippen LogP contribution in [-0.4, -0.2) is 25.4 Å². The molecule has 84 valence electrons. The predicted molar refractivity (Wildman–Crippen MR) is 70.1 cm³/mol. The average Bonchev–Trinajstić information content (AvgIpc) is 2.64. The van der Waals surface area contributed by atoms with Crippen LogP contribution in [0, 0.1) is 10.1 Å². The molecule has 5 heteroatoms. The number of fused-ring (bicyclic) bond motifs is 3. The summed E-state index contributed by atoms with van der Waals surface area (Å²) in [6, 6.07) is 11.0. The second-order valence-corrected chi connectivity index (χ2v) is 7.21. The summed E-state index contributed by atoms with van der Waals surface area (Å²) in [6.07, 6.45) is 0. The molecule has 0 saturated heterocycles. The van der Waals surface area contributed by atoms with Gasteiger partial charge in [0.25, 0.3) is 0 Å². The molecule has 3 aromatic rings. The molecule has 3 rings (SSSR count). The fraction of sp³-hybridized carbons (Fsp3) is 0. The van der Waals surface area contributed by atoms with Crippen LogP contribution >= 0.6 is 11.6 Å². The number of nitrogens with zero attached hydrogens (tertiary/aromatic N) is 1. The van der Waals surface area contributed by atoms with Crippen LogP contribution < -0.4 is 0 Å². The average molecular weight is 359 g/mol. The molecule has 1 aromatic heterocycles. The van der Waals surface area contributed by atoms with Crippen molar-refractivity contribution in [3.63, 3.8) is 0 Å². The Morgan fingerprint density at radius 3 is 2.41 bits per heavy atom. The first-order chi connectivity index (χ1) is 8.15. The second-order valence-electron chi connectivity index (χ2n) is 3.68. The van der Waals surface area contributed by atoms with Crippen LogP contribution in [0.1, 0.15) is 0 Å². The Morgan fingerprint density at radius 1 is 1.06 bits per heavy atom. The Balaban J connectivity index is 2.38. The number of nitro groups is 1. The monoisotopic (exact) mass is 361 g/mol. The van der Waals surface area contributed by atoms with Gasteiger partial charge in [0.15, 0.2) is 0 Å². The van der Waals surface area contributed by atoms with Crippen LogP contribution in [0.3, 0.4) is 0 Å². The first kappa shape index (κ1) is 11.0. The summed E-state index contributed by atoms with van der Waals surface area (Å²) in [6.45, 7) is 0. The van der Waals surface area contributed by atoms with Gasteiger partial charge in [-0.25, -0.2) is 0 Å². The minimum atomic E-state index is -0.538. The maximum atomic E-state index is 10.7. The molecule has 0 saturated carbocycles. The Hall–Kier alpha value is -1.08. The summed E-state index contributed by atoms with van der Waals surface area (Å²) in [5, 5.41) is 13.8. The van der Waals surface area contributed by atoms with E-state index in [2.05, 4.69) is 0 Å². The van der Waals surface area contributed by atoms with E-state index in [9.17, 15) is 10.1 Å². The Bertz CT molecular complexity index is 751. The molecule has 0 radical (unpaired) electrons. The number of halogens is 1. The van der Waals surface area contributed by atoms with E-state index >= 15 is 0 Å². The van der Waals surface area contributed by atoms with Crippen LogP contribution in [0.15, 0.2) is 36.4 Å². The zero-order valence-corrected chi connectivity index (χ0v) is 11.6.